The Morgan fingerprint density at radius 1 is 1.25 bits per heavy atom. The number of aliphatic hydroxyl groups is 1. The van der Waals surface area contributed by atoms with Crippen LogP contribution in [0, 0.1) is 0 Å². The fraction of sp³-hybridized carbons (Fsp3) is 0.368. The second kappa shape index (κ2) is 6.68. The van der Waals surface area contributed by atoms with Gasteiger partial charge in [-0.05, 0) is 18.6 Å². The maximum atomic E-state index is 12.9. The molecule has 0 aromatic carbocycles. The van der Waals surface area contributed by atoms with E-state index in [2.05, 4.69) is 15.0 Å². The van der Waals surface area contributed by atoms with E-state index in [-0.39, 0.29) is 12.0 Å². The summed E-state index contributed by atoms with van der Waals surface area (Å²) in [6.45, 7) is 2.05. The number of carbonyl (C=O) groups is 1. The van der Waals surface area contributed by atoms with Crippen LogP contribution in [-0.4, -0.2) is 56.5 Å². The van der Waals surface area contributed by atoms with Gasteiger partial charge in [0.15, 0.2) is 0 Å². The molecule has 144 valence electrons. The Bertz CT molecular complexity index is 1030. The van der Waals surface area contributed by atoms with E-state index in [0.717, 1.165) is 47.2 Å². The predicted octanol–water partition coefficient (Wildman–Crippen LogP) is 1.71. The van der Waals surface area contributed by atoms with Crippen LogP contribution >= 0.6 is 11.3 Å². The molecule has 8 nitrogen and oxygen atoms in total. The molecule has 1 unspecified atom stereocenters. The molecule has 1 N–H and O–H groups in total. The Hall–Kier alpha value is -2.78. The first-order valence-electron chi connectivity index (χ1n) is 9.28. The zero-order valence-electron chi connectivity index (χ0n) is 15.4. The smallest absolute Gasteiger partial charge is 0.270 e. The number of rotatable bonds is 3. The third-order valence-electron chi connectivity index (χ3n) is 5.19. The van der Waals surface area contributed by atoms with E-state index >= 15 is 0 Å². The molecule has 0 bridgehead atoms. The number of pyridine rings is 1. The van der Waals surface area contributed by atoms with Gasteiger partial charge in [-0.15, -0.1) is 11.3 Å². The highest BCUT2D eigenvalue weighted by Gasteiger charge is 2.30. The topological polar surface area (TPSA) is 87.4 Å². The number of aromatic nitrogens is 4. The van der Waals surface area contributed by atoms with Gasteiger partial charge >= 0.3 is 0 Å². The highest BCUT2D eigenvalue weighted by molar-refractivity contribution is 7.17. The van der Waals surface area contributed by atoms with Crippen molar-refractivity contribution in [2.24, 2.45) is 7.05 Å². The summed E-state index contributed by atoms with van der Waals surface area (Å²) >= 11 is 1.42. The van der Waals surface area contributed by atoms with Crippen molar-refractivity contribution in [3.63, 3.8) is 0 Å². The van der Waals surface area contributed by atoms with E-state index in [1.165, 1.54) is 11.3 Å². The summed E-state index contributed by atoms with van der Waals surface area (Å²) in [5, 5.41) is 14.7. The lowest BCUT2D eigenvalue weighted by Crippen LogP contribution is -2.36. The van der Waals surface area contributed by atoms with E-state index in [1.54, 1.807) is 22.0 Å². The van der Waals surface area contributed by atoms with Crippen LogP contribution in [-0.2, 0) is 13.5 Å². The fourth-order valence-electron chi connectivity index (χ4n) is 3.70. The number of hydrogen-bond donors (Lipinski definition) is 1. The van der Waals surface area contributed by atoms with Crippen LogP contribution in [0.25, 0.3) is 10.6 Å². The third kappa shape index (κ3) is 2.96. The highest BCUT2D eigenvalue weighted by atomic mass is 32.1. The van der Waals surface area contributed by atoms with Gasteiger partial charge in [-0.1, -0.05) is 0 Å². The zero-order valence-corrected chi connectivity index (χ0v) is 16.3. The molecular weight excluding hydrogens is 376 g/mol. The number of carbonyl (C=O) groups excluding carboxylic acids is 1. The van der Waals surface area contributed by atoms with Gasteiger partial charge in [-0.25, -0.2) is 9.97 Å². The third-order valence-corrected chi connectivity index (χ3v) is 6.33. The van der Waals surface area contributed by atoms with Gasteiger partial charge in [0.1, 0.15) is 15.7 Å². The quantitative estimate of drug-likeness (QED) is 0.725. The van der Waals surface area contributed by atoms with Gasteiger partial charge in [0.05, 0.1) is 23.7 Å². The van der Waals surface area contributed by atoms with Gasteiger partial charge in [0.25, 0.3) is 5.91 Å². The molecule has 1 atom stereocenters. The number of thiazole rings is 1. The fourth-order valence-corrected chi connectivity index (χ4v) is 4.75. The molecule has 1 amide bonds. The summed E-state index contributed by atoms with van der Waals surface area (Å²) in [4.78, 5) is 26.7. The second-order valence-electron chi connectivity index (χ2n) is 7.17. The summed E-state index contributed by atoms with van der Waals surface area (Å²) in [6.07, 6.45) is 6.59. The Kier molecular flexibility index (Phi) is 4.13. The Balaban J connectivity index is 1.39. The van der Waals surface area contributed by atoms with Gasteiger partial charge in [-0.2, -0.15) is 5.10 Å². The lowest BCUT2D eigenvalue weighted by molar-refractivity contribution is 0.0984. The Morgan fingerprint density at radius 2 is 2.14 bits per heavy atom. The van der Waals surface area contributed by atoms with Gasteiger partial charge in [-0.3, -0.25) is 9.48 Å². The molecule has 1 fully saturated rings. The lowest BCUT2D eigenvalue weighted by Gasteiger charge is -2.24. The highest BCUT2D eigenvalue weighted by Crippen LogP contribution is 2.33. The summed E-state index contributed by atoms with van der Waals surface area (Å²) in [5.74, 6) is 0.842. The molecule has 3 aromatic rings. The van der Waals surface area contributed by atoms with Crippen LogP contribution in [0.1, 0.15) is 21.8 Å². The number of nitrogens with zero attached hydrogens (tertiary/aromatic N) is 6. The van der Waals surface area contributed by atoms with Crippen molar-refractivity contribution >= 4 is 28.7 Å². The minimum Gasteiger partial charge on any atom is -0.391 e. The van der Waals surface area contributed by atoms with E-state index < -0.39 is 0 Å². The van der Waals surface area contributed by atoms with Crippen molar-refractivity contribution in [1.82, 2.24) is 19.7 Å². The van der Waals surface area contributed by atoms with E-state index in [0.29, 0.717) is 18.0 Å². The minimum absolute atomic E-state index is 0.0198. The first kappa shape index (κ1) is 17.3. The zero-order chi connectivity index (χ0) is 19.3. The number of anilines is 2. The number of β-amino-alcohol motifs (C(OH)–C–C–N with tert-alkyl or cyclic N) is 1. The van der Waals surface area contributed by atoms with E-state index in [4.69, 9.17) is 4.98 Å². The summed E-state index contributed by atoms with van der Waals surface area (Å²) in [6, 6.07) is 3.94. The molecule has 0 radical (unpaired) electrons. The molecule has 1 saturated heterocycles. The molecule has 2 aliphatic rings. The number of aryl methyl sites for hydroxylation is 1. The summed E-state index contributed by atoms with van der Waals surface area (Å²) < 4.78 is 1.70. The summed E-state index contributed by atoms with van der Waals surface area (Å²) in [7, 11) is 1.84. The first-order valence-corrected chi connectivity index (χ1v) is 10.1. The number of aliphatic hydroxyl groups excluding tert-OH is 1. The van der Waals surface area contributed by atoms with Crippen molar-refractivity contribution in [3.8, 4) is 10.6 Å². The Labute approximate surface area is 166 Å². The van der Waals surface area contributed by atoms with Crippen LogP contribution in [0.5, 0.6) is 0 Å². The van der Waals surface area contributed by atoms with Gasteiger partial charge < -0.3 is 14.9 Å². The molecule has 0 aliphatic carbocycles. The van der Waals surface area contributed by atoms with E-state index in [9.17, 15) is 9.90 Å². The molecule has 5 rings (SSSR count). The van der Waals surface area contributed by atoms with Crippen LogP contribution in [0.2, 0.25) is 0 Å². The molecule has 0 spiro atoms. The first-order chi connectivity index (χ1) is 13.6. The molecule has 2 aliphatic heterocycles. The number of hydrogen-bond acceptors (Lipinski definition) is 7. The number of fused-ring (bicyclic) bond motifs is 1. The molecule has 5 heterocycles. The van der Waals surface area contributed by atoms with Crippen LogP contribution in [0.3, 0.4) is 0 Å². The van der Waals surface area contributed by atoms with Crippen molar-refractivity contribution in [3.05, 3.63) is 41.3 Å². The molecule has 3 aromatic heterocycles. The average molecular weight is 396 g/mol. The van der Waals surface area contributed by atoms with Crippen molar-refractivity contribution in [2.45, 2.75) is 18.9 Å². The molecule has 9 heteroatoms. The van der Waals surface area contributed by atoms with Gasteiger partial charge in [0.2, 0.25) is 0 Å². The van der Waals surface area contributed by atoms with Crippen LogP contribution in [0.4, 0.5) is 11.5 Å². The molecule has 0 saturated carbocycles. The van der Waals surface area contributed by atoms with Crippen LogP contribution < -0.4 is 9.80 Å². The largest absolute Gasteiger partial charge is 0.391 e. The predicted molar refractivity (Wildman–Crippen MR) is 107 cm³/mol. The monoisotopic (exact) mass is 396 g/mol. The normalized spacial score (nSPS) is 19.4. The van der Waals surface area contributed by atoms with Crippen molar-refractivity contribution < 1.29 is 9.90 Å². The maximum Gasteiger partial charge on any atom is 0.270 e. The lowest BCUT2D eigenvalue weighted by atomic mass is 10.1. The SMILES string of the molecule is Cn1cc(N2CCc3nc(-c4ccc(N5CCC(O)C5)nc4)sc3C2=O)cn1. The van der Waals surface area contributed by atoms with Gasteiger partial charge in [0, 0.05) is 51.1 Å². The van der Waals surface area contributed by atoms with E-state index in [1.807, 2.05) is 25.4 Å². The number of amides is 1. The molecule has 28 heavy (non-hydrogen) atoms. The van der Waals surface area contributed by atoms with Crippen molar-refractivity contribution in [1.29, 1.82) is 0 Å². The second-order valence-corrected chi connectivity index (χ2v) is 8.17. The Morgan fingerprint density at radius 3 is 2.82 bits per heavy atom. The maximum absolute atomic E-state index is 12.9. The average Bonchev–Trinajstić information content (AvgIpc) is 3.42. The standard InChI is InChI=1S/C19H20N6O2S/c1-23-10-13(9-21-23)25-7-5-15-17(19(25)27)28-18(22-15)12-2-3-16(20-8-12)24-6-4-14(26)11-24/h2-3,8-10,14,26H,4-7,11H2,1H3. The molecular formula is C19H20N6O2S. The van der Waals surface area contributed by atoms with Crippen LogP contribution in [0.15, 0.2) is 30.7 Å². The summed E-state index contributed by atoms with van der Waals surface area (Å²) in [5.41, 5.74) is 2.58. The van der Waals surface area contributed by atoms with Crippen molar-refractivity contribution in [2.75, 3.05) is 29.4 Å². The minimum atomic E-state index is -0.277.